The second-order valence-corrected chi connectivity index (χ2v) is 7.79. The minimum atomic E-state index is -0.210. The van der Waals surface area contributed by atoms with E-state index in [1.54, 1.807) is 12.3 Å². The van der Waals surface area contributed by atoms with Crippen molar-refractivity contribution in [3.63, 3.8) is 0 Å². The number of hydrogen-bond donors (Lipinski definition) is 1. The summed E-state index contributed by atoms with van der Waals surface area (Å²) < 4.78 is 3.26. The summed E-state index contributed by atoms with van der Waals surface area (Å²) in [6.07, 6.45) is 3.77. The minimum absolute atomic E-state index is 0.210. The number of aryl methyl sites for hydroxylation is 1. The zero-order chi connectivity index (χ0) is 20.2. The van der Waals surface area contributed by atoms with Gasteiger partial charge in [0.2, 0.25) is 0 Å². The quantitative estimate of drug-likeness (QED) is 0.318. The Morgan fingerprint density at radius 1 is 1.03 bits per heavy atom. The summed E-state index contributed by atoms with van der Waals surface area (Å²) in [7, 11) is 0. The normalized spacial score (nSPS) is 11.2. The molecular formula is C24H20BrN3O. The number of carbonyl (C=O) groups excluding carboxylic acids is 1. The number of benzene rings is 3. The molecule has 144 valence electrons. The van der Waals surface area contributed by atoms with Gasteiger partial charge < -0.3 is 4.57 Å². The molecule has 1 aromatic heterocycles. The molecule has 0 spiro atoms. The Balaban J connectivity index is 1.57. The standard InChI is InChI=1S/C24H20BrN3O/c1-17-6-2-3-7-21(17)24(29)27-26-14-19-16-28(23-9-5-4-8-22(19)23)15-18-10-12-20(25)13-11-18/h2-14,16H,15H2,1H3,(H,27,29)/b26-14-. The Morgan fingerprint density at radius 3 is 2.55 bits per heavy atom. The average Bonchev–Trinajstić information content (AvgIpc) is 3.08. The Labute approximate surface area is 178 Å². The molecule has 0 aliphatic heterocycles. The monoisotopic (exact) mass is 445 g/mol. The van der Waals surface area contributed by atoms with Crippen LogP contribution in [0.3, 0.4) is 0 Å². The van der Waals surface area contributed by atoms with Gasteiger partial charge in [-0.3, -0.25) is 4.79 Å². The fourth-order valence-corrected chi connectivity index (χ4v) is 3.61. The van der Waals surface area contributed by atoms with Crippen molar-refractivity contribution in [1.82, 2.24) is 9.99 Å². The maximum atomic E-state index is 12.4. The predicted octanol–water partition coefficient (Wildman–Crippen LogP) is 5.52. The van der Waals surface area contributed by atoms with Crippen LogP contribution in [0.4, 0.5) is 0 Å². The van der Waals surface area contributed by atoms with Gasteiger partial charge in [-0.15, -0.1) is 0 Å². The summed E-state index contributed by atoms with van der Waals surface area (Å²) in [6, 6.07) is 24.0. The third-order valence-corrected chi connectivity index (χ3v) is 5.37. The van der Waals surface area contributed by atoms with Crippen LogP contribution in [0.1, 0.15) is 27.0 Å². The van der Waals surface area contributed by atoms with Crippen LogP contribution in [0.2, 0.25) is 0 Å². The van der Waals surface area contributed by atoms with Gasteiger partial charge in [0.1, 0.15) is 0 Å². The topological polar surface area (TPSA) is 46.4 Å². The van der Waals surface area contributed by atoms with E-state index in [9.17, 15) is 4.79 Å². The number of hydrazone groups is 1. The molecule has 0 saturated heterocycles. The van der Waals surface area contributed by atoms with E-state index in [1.807, 2.05) is 49.4 Å². The van der Waals surface area contributed by atoms with E-state index >= 15 is 0 Å². The van der Waals surface area contributed by atoms with Gasteiger partial charge >= 0.3 is 0 Å². The number of hydrogen-bond acceptors (Lipinski definition) is 2. The third kappa shape index (κ3) is 4.30. The Hall–Kier alpha value is -3.18. The highest BCUT2D eigenvalue weighted by Crippen LogP contribution is 2.22. The van der Waals surface area contributed by atoms with E-state index in [0.29, 0.717) is 5.56 Å². The van der Waals surface area contributed by atoms with Gasteiger partial charge in [-0.1, -0.05) is 64.5 Å². The van der Waals surface area contributed by atoms with Gasteiger partial charge in [0.15, 0.2) is 0 Å². The zero-order valence-electron chi connectivity index (χ0n) is 16.0. The summed E-state index contributed by atoms with van der Waals surface area (Å²) in [4.78, 5) is 12.4. The first kappa shape index (κ1) is 19.2. The van der Waals surface area contributed by atoms with Gasteiger partial charge in [-0.2, -0.15) is 5.10 Å². The summed E-state index contributed by atoms with van der Waals surface area (Å²) in [6.45, 7) is 2.67. The fourth-order valence-electron chi connectivity index (χ4n) is 3.34. The number of amides is 1. The van der Waals surface area contributed by atoms with Crippen molar-refractivity contribution in [3.05, 3.63) is 106 Å². The molecule has 0 aliphatic carbocycles. The lowest BCUT2D eigenvalue weighted by Gasteiger charge is -2.05. The molecule has 0 atom stereocenters. The lowest BCUT2D eigenvalue weighted by molar-refractivity contribution is 0.0954. The SMILES string of the molecule is Cc1ccccc1C(=O)N/N=C\c1cn(Cc2ccc(Br)cc2)c2ccccc12. The number of rotatable bonds is 5. The van der Waals surface area contributed by atoms with Crippen LogP contribution in [-0.4, -0.2) is 16.7 Å². The molecule has 0 unspecified atom stereocenters. The maximum Gasteiger partial charge on any atom is 0.271 e. The Morgan fingerprint density at radius 2 is 1.76 bits per heavy atom. The molecule has 0 saturated carbocycles. The van der Waals surface area contributed by atoms with Gasteiger partial charge in [-0.25, -0.2) is 5.43 Å². The number of aromatic nitrogens is 1. The summed E-state index contributed by atoms with van der Waals surface area (Å²) in [5.74, 6) is -0.210. The van der Waals surface area contributed by atoms with E-state index in [4.69, 9.17) is 0 Å². The molecule has 0 aliphatic rings. The largest absolute Gasteiger partial charge is 0.342 e. The first-order valence-corrected chi connectivity index (χ1v) is 10.1. The minimum Gasteiger partial charge on any atom is -0.342 e. The van der Waals surface area contributed by atoms with Crippen LogP contribution in [0.5, 0.6) is 0 Å². The van der Waals surface area contributed by atoms with Crippen molar-refractivity contribution in [3.8, 4) is 0 Å². The molecule has 0 radical (unpaired) electrons. The Bertz CT molecular complexity index is 1190. The van der Waals surface area contributed by atoms with Crippen LogP contribution < -0.4 is 5.43 Å². The van der Waals surface area contributed by atoms with Crippen LogP contribution in [0.15, 0.2) is 88.6 Å². The van der Waals surface area contributed by atoms with Gasteiger partial charge in [-0.05, 0) is 42.3 Å². The van der Waals surface area contributed by atoms with Gasteiger partial charge in [0.25, 0.3) is 5.91 Å². The second kappa shape index (κ2) is 8.45. The molecule has 4 nitrogen and oxygen atoms in total. The van der Waals surface area contributed by atoms with E-state index in [0.717, 1.165) is 33.0 Å². The van der Waals surface area contributed by atoms with E-state index in [2.05, 4.69) is 61.5 Å². The highest BCUT2D eigenvalue weighted by molar-refractivity contribution is 9.10. The molecule has 0 fully saturated rings. The van der Waals surface area contributed by atoms with Gasteiger partial charge in [0, 0.05) is 39.2 Å². The number of para-hydroxylation sites is 1. The number of halogens is 1. The molecule has 0 bridgehead atoms. The molecule has 4 aromatic rings. The van der Waals surface area contributed by atoms with E-state index in [1.165, 1.54) is 5.56 Å². The first-order chi connectivity index (χ1) is 14.1. The molecule has 1 N–H and O–H groups in total. The second-order valence-electron chi connectivity index (χ2n) is 6.87. The van der Waals surface area contributed by atoms with Crippen molar-refractivity contribution in [1.29, 1.82) is 0 Å². The summed E-state index contributed by atoms with van der Waals surface area (Å²) >= 11 is 3.48. The highest BCUT2D eigenvalue weighted by Gasteiger charge is 2.09. The van der Waals surface area contributed by atoms with Crippen LogP contribution in [0, 0.1) is 6.92 Å². The van der Waals surface area contributed by atoms with Crippen LogP contribution in [-0.2, 0) is 6.54 Å². The molecule has 29 heavy (non-hydrogen) atoms. The molecule has 4 rings (SSSR count). The molecule has 3 aromatic carbocycles. The fraction of sp³-hybridized carbons (Fsp3) is 0.0833. The van der Waals surface area contributed by atoms with Crippen molar-refractivity contribution in [2.24, 2.45) is 5.10 Å². The van der Waals surface area contributed by atoms with Crippen molar-refractivity contribution < 1.29 is 4.79 Å². The van der Waals surface area contributed by atoms with Gasteiger partial charge in [0.05, 0.1) is 6.21 Å². The highest BCUT2D eigenvalue weighted by atomic mass is 79.9. The molecule has 5 heteroatoms. The maximum absolute atomic E-state index is 12.4. The summed E-state index contributed by atoms with van der Waals surface area (Å²) in [5, 5.41) is 5.29. The third-order valence-electron chi connectivity index (χ3n) is 4.85. The van der Waals surface area contributed by atoms with E-state index < -0.39 is 0 Å². The Kier molecular flexibility index (Phi) is 5.58. The summed E-state index contributed by atoms with van der Waals surface area (Å²) in [5.41, 5.74) is 7.48. The molecular weight excluding hydrogens is 426 g/mol. The van der Waals surface area contributed by atoms with Crippen LogP contribution >= 0.6 is 15.9 Å². The number of nitrogens with one attached hydrogen (secondary N) is 1. The molecule has 1 heterocycles. The van der Waals surface area contributed by atoms with Crippen molar-refractivity contribution in [2.75, 3.05) is 0 Å². The lowest BCUT2D eigenvalue weighted by atomic mass is 10.1. The zero-order valence-corrected chi connectivity index (χ0v) is 17.6. The smallest absolute Gasteiger partial charge is 0.271 e. The predicted molar refractivity (Wildman–Crippen MR) is 121 cm³/mol. The van der Waals surface area contributed by atoms with Crippen LogP contribution in [0.25, 0.3) is 10.9 Å². The average molecular weight is 446 g/mol. The molecule has 1 amide bonds. The lowest BCUT2D eigenvalue weighted by Crippen LogP contribution is -2.18. The number of nitrogens with zero attached hydrogens (tertiary/aromatic N) is 2. The van der Waals surface area contributed by atoms with Crippen molar-refractivity contribution in [2.45, 2.75) is 13.5 Å². The first-order valence-electron chi connectivity index (χ1n) is 9.33. The number of fused-ring (bicyclic) bond motifs is 1. The number of carbonyl (C=O) groups is 1. The van der Waals surface area contributed by atoms with Crippen molar-refractivity contribution >= 4 is 39.0 Å². The van der Waals surface area contributed by atoms with E-state index in [-0.39, 0.29) is 5.91 Å².